The van der Waals surface area contributed by atoms with Crippen LogP contribution in [0.2, 0.25) is 0 Å². The SMILES string of the molecule is Cc1ccc(Cn2nc(C)c(/C=C/C(=O)N3CCN(C(C)C(=O)NC4CC4)CC3)c2C)cc1. The Bertz CT molecular complexity index is 1030. The van der Waals surface area contributed by atoms with Gasteiger partial charge in [0.1, 0.15) is 0 Å². The van der Waals surface area contributed by atoms with Gasteiger partial charge < -0.3 is 10.2 Å². The van der Waals surface area contributed by atoms with E-state index in [9.17, 15) is 9.59 Å². The fourth-order valence-corrected chi connectivity index (χ4v) is 4.28. The van der Waals surface area contributed by atoms with Crippen molar-refractivity contribution in [3.05, 3.63) is 58.4 Å². The third-order valence-electron chi connectivity index (χ3n) is 6.76. The van der Waals surface area contributed by atoms with Gasteiger partial charge in [-0.05, 0) is 52.2 Å². The highest BCUT2D eigenvalue weighted by molar-refractivity contribution is 5.92. The highest BCUT2D eigenvalue weighted by Gasteiger charge is 2.30. The molecule has 1 unspecified atom stereocenters. The second-order valence-electron chi connectivity index (χ2n) is 9.38. The molecule has 0 spiro atoms. The predicted octanol–water partition coefficient (Wildman–Crippen LogP) is 2.68. The third-order valence-corrected chi connectivity index (χ3v) is 6.76. The highest BCUT2D eigenvalue weighted by atomic mass is 16.2. The van der Waals surface area contributed by atoms with Gasteiger partial charge in [-0.3, -0.25) is 19.2 Å². The van der Waals surface area contributed by atoms with E-state index in [1.165, 1.54) is 11.1 Å². The molecule has 1 saturated carbocycles. The maximum atomic E-state index is 12.8. The normalized spacial score (nSPS) is 18.0. The number of carbonyl (C=O) groups is 2. The average molecular weight is 450 g/mol. The summed E-state index contributed by atoms with van der Waals surface area (Å²) in [6.45, 7) is 11.5. The molecule has 2 aromatic rings. The van der Waals surface area contributed by atoms with E-state index in [-0.39, 0.29) is 17.9 Å². The summed E-state index contributed by atoms with van der Waals surface area (Å²) < 4.78 is 2.00. The second-order valence-corrected chi connectivity index (χ2v) is 9.38. The largest absolute Gasteiger partial charge is 0.352 e. The lowest BCUT2D eigenvalue weighted by atomic mass is 10.1. The van der Waals surface area contributed by atoms with Gasteiger partial charge in [0.2, 0.25) is 11.8 Å². The fraction of sp³-hybridized carbons (Fsp3) is 0.500. The molecule has 1 aromatic carbocycles. The number of piperazine rings is 1. The molecule has 1 aliphatic carbocycles. The monoisotopic (exact) mass is 449 g/mol. The molecule has 0 bridgehead atoms. The molecule has 2 aliphatic rings. The summed E-state index contributed by atoms with van der Waals surface area (Å²) in [7, 11) is 0. The van der Waals surface area contributed by atoms with E-state index in [0.717, 1.165) is 29.8 Å². The number of nitrogens with one attached hydrogen (secondary N) is 1. The zero-order valence-corrected chi connectivity index (χ0v) is 20.2. The van der Waals surface area contributed by atoms with Gasteiger partial charge in [-0.2, -0.15) is 5.10 Å². The summed E-state index contributed by atoms with van der Waals surface area (Å²) in [5.74, 6) is 0.112. The first kappa shape index (κ1) is 23.2. The van der Waals surface area contributed by atoms with Crippen molar-refractivity contribution in [3.8, 4) is 0 Å². The zero-order chi connectivity index (χ0) is 23.5. The Balaban J connectivity index is 1.32. The Labute approximate surface area is 196 Å². The van der Waals surface area contributed by atoms with E-state index in [4.69, 9.17) is 0 Å². The van der Waals surface area contributed by atoms with Gasteiger partial charge in [0.15, 0.2) is 0 Å². The number of rotatable bonds is 7. The molecule has 0 radical (unpaired) electrons. The number of amides is 2. The van der Waals surface area contributed by atoms with Crippen LogP contribution >= 0.6 is 0 Å². The predicted molar refractivity (Wildman–Crippen MR) is 130 cm³/mol. The molecule has 2 amide bonds. The molecular weight excluding hydrogens is 414 g/mol. The van der Waals surface area contributed by atoms with Gasteiger partial charge in [0, 0.05) is 49.6 Å². The minimum atomic E-state index is -0.150. The van der Waals surface area contributed by atoms with Crippen molar-refractivity contribution in [2.45, 2.75) is 59.2 Å². The van der Waals surface area contributed by atoms with Crippen LogP contribution in [0.25, 0.3) is 6.08 Å². The molecule has 2 heterocycles. The van der Waals surface area contributed by atoms with Crippen LogP contribution in [-0.4, -0.2) is 69.7 Å². The summed E-state index contributed by atoms with van der Waals surface area (Å²) in [6.07, 6.45) is 5.74. The van der Waals surface area contributed by atoms with E-state index in [2.05, 4.69) is 46.5 Å². The maximum Gasteiger partial charge on any atom is 0.246 e. The van der Waals surface area contributed by atoms with E-state index < -0.39 is 0 Å². The third kappa shape index (κ3) is 5.71. The number of carbonyl (C=O) groups excluding carboxylic acids is 2. The summed E-state index contributed by atoms with van der Waals surface area (Å²) in [6, 6.07) is 8.70. The number of nitrogens with zero attached hydrogens (tertiary/aromatic N) is 4. The van der Waals surface area contributed by atoms with E-state index in [1.807, 2.05) is 36.4 Å². The molecular formula is C26H35N5O2. The standard InChI is InChI=1S/C26H35N5O2/c1-18-5-7-22(8-6-18)17-31-20(3)24(19(2)28-31)11-12-25(32)30-15-13-29(14-16-30)21(4)26(33)27-23-9-10-23/h5-8,11-12,21,23H,9-10,13-17H2,1-4H3,(H,27,33)/b12-11+. The summed E-state index contributed by atoms with van der Waals surface area (Å²) in [5, 5.41) is 7.76. The first-order chi connectivity index (χ1) is 15.8. The molecule has 1 aliphatic heterocycles. The van der Waals surface area contributed by atoms with Crippen LogP contribution in [0, 0.1) is 20.8 Å². The van der Waals surface area contributed by atoms with Crippen molar-refractivity contribution in [1.29, 1.82) is 0 Å². The molecule has 1 aromatic heterocycles. The van der Waals surface area contributed by atoms with Crippen molar-refractivity contribution in [2.24, 2.45) is 0 Å². The minimum absolute atomic E-state index is 0.00909. The zero-order valence-electron chi connectivity index (χ0n) is 20.2. The van der Waals surface area contributed by atoms with Gasteiger partial charge in [-0.25, -0.2) is 0 Å². The summed E-state index contributed by atoms with van der Waals surface area (Å²) in [5.41, 5.74) is 5.42. The number of hydrogen-bond acceptors (Lipinski definition) is 4. The topological polar surface area (TPSA) is 70.5 Å². The van der Waals surface area contributed by atoms with Crippen molar-refractivity contribution >= 4 is 17.9 Å². The van der Waals surface area contributed by atoms with Crippen molar-refractivity contribution < 1.29 is 9.59 Å². The van der Waals surface area contributed by atoms with Crippen LogP contribution in [-0.2, 0) is 16.1 Å². The number of benzene rings is 1. The lowest BCUT2D eigenvalue weighted by molar-refractivity contribution is -0.130. The molecule has 7 nitrogen and oxygen atoms in total. The molecule has 2 fully saturated rings. The van der Waals surface area contributed by atoms with Crippen LogP contribution in [0.4, 0.5) is 0 Å². The quantitative estimate of drug-likeness (QED) is 0.660. The lowest BCUT2D eigenvalue weighted by Crippen LogP contribution is -2.55. The van der Waals surface area contributed by atoms with Gasteiger partial charge in [-0.1, -0.05) is 29.8 Å². The Hall–Kier alpha value is -2.93. The Kier molecular flexibility index (Phi) is 6.98. The van der Waals surface area contributed by atoms with Crippen molar-refractivity contribution in [1.82, 2.24) is 24.9 Å². The Morgan fingerprint density at radius 3 is 2.39 bits per heavy atom. The molecule has 1 atom stereocenters. The van der Waals surface area contributed by atoms with Crippen molar-refractivity contribution in [3.63, 3.8) is 0 Å². The van der Waals surface area contributed by atoms with Gasteiger partial charge >= 0.3 is 0 Å². The molecule has 33 heavy (non-hydrogen) atoms. The number of aromatic nitrogens is 2. The second kappa shape index (κ2) is 9.91. The van der Waals surface area contributed by atoms with Crippen LogP contribution in [0.5, 0.6) is 0 Å². The summed E-state index contributed by atoms with van der Waals surface area (Å²) in [4.78, 5) is 29.1. The van der Waals surface area contributed by atoms with Crippen LogP contribution < -0.4 is 5.32 Å². The lowest BCUT2D eigenvalue weighted by Gasteiger charge is -2.37. The van der Waals surface area contributed by atoms with E-state index in [0.29, 0.717) is 38.8 Å². The Morgan fingerprint density at radius 2 is 1.76 bits per heavy atom. The highest BCUT2D eigenvalue weighted by Crippen LogP contribution is 2.20. The number of hydrogen-bond donors (Lipinski definition) is 1. The molecule has 176 valence electrons. The molecule has 4 rings (SSSR count). The van der Waals surface area contributed by atoms with E-state index in [1.54, 1.807) is 6.08 Å². The first-order valence-corrected chi connectivity index (χ1v) is 11.9. The maximum absolute atomic E-state index is 12.8. The summed E-state index contributed by atoms with van der Waals surface area (Å²) >= 11 is 0. The first-order valence-electron chi connectivity index (χ1n) is 11.9. The minimum Gasteiger partial charge on any atom is -0.352 e. The molecule has 1 N–H and O–H groups in total. The smallest absolute Gasteiger partial charge is 0.246 e. The van der Waals surface area contributed by atoms with Gasteiger partial charge in [0.05, 0.1) is 18.3 Å². The van der Waals surface area contributed by atoms with Crippen LogP contribution in [0.3, 0.4) is 0 Å². The average Bonchev–Trinajstić information content (AvgIpc) is 3.58. The van der Waals surface area contributed by atoms with Gasteiger partial charge in [-0.15, -0.1) is 0 Å². The number of aryl methyl sites for hydroxylation is 2. The fourth-order valence-electron chi connectivity index (χ4n) is 4.28. The van der Waals surface area contributed by atoms with Crippen LogP contribution in [0.15, 0.2) is 30.3 Å². The van der Waals surface area contributed by atoms with Gasteiger partial charge in [0.25, 0.3) is 0 Å². The van der Waals surface area contributed by atoms with Crippen LogP contribution in [0.1, 0.15) is 47.8 Å². The molecule has 1 saturated heterocycles. The molecule has 7 heteroatoms. The Morgan fingerprint density at radius 1 is 1.09 bits per heavy atom. The van der Waals surface area contributed by atoms with E-state index >= 15 is 0 Å². The van der Waals surface area contributed by atoms with Crippen molar-refractivity contribution in [2.75, 3.05) is 26.2 Å².